The molecule has 1 aromatic heterocycles. The van der Waals surface area contributed by atoms with Gasteiger partial charge in [-0.1, -0.05) is 0 Å². The van der Waals surface area contributed by atoms with E-state index in [1.54, 1.807) is 22.9 Å². The normalized spacial score (nSPS) is 10.3. The minimum Gasteiger partial charge on any atom is -0.478 e. The van der Waals surface area contributed by atoms with Gasteiger partial charge in [-0.25, -0.2) is 9.18 Å². The van der Waals surface area contributed by atoms with E-state index < -0.39 is 17.3 Å². The van der Waals surface area contributed by atoms with Crippen LogP contribution in [0.5, 0.6) is 0 Å². The smallest absolute Gasteiger partial charge is 0.338 e. The fourth-order valence-corrected chi connectivity index (χ4v) is 1.86. The minimum atomic E-state index is -1.38. The first kappa shape index (κ1) is 13.8. The SMILES string of the molecule is CCn1cccc1C(=O)Nc1ccc(F)c(C(=O)O)c1. The Morgan fingerprint density at radius 1 is 1.35 bits per heavy atom. The summed E-state index contributed by atoms with van der Waals surface area (Å²) >= 11 is 0. The summed E-state index contributed by atoms with van der Waals surface area (Å²) < 4.78 is 15.0. The third-order valence-electron chi connectivity index (χ3n) is 2.86. The molecule has 2 N–H and O–H groups in total. The highest BCUT2D eigenvalue weighted by Gasteiger charge is 2.14. The minimum absolute atomic E-state index is 0.234. The van der Waals surface area contributed by atoms with Crippen molar-refractivity contribution in [2.75, 3.05) is 5.32 Å². The molecule has 0 aliphatic rings. The van der Waals surface area contributed by atoms with Crippen LogP contribution in [0.1, 0.15) is 27.8 Å². The van der Waals surface area contributed by atoms with Crippen LogP contribution in [-0.4, -0.2) is 21.6 Å². The molecule has 0 bridgehead atoms. The molecule has 2 aromatic rings. The van der Waals surface area contributed by atoms with Crippen LogP contribution < -0.4 is 5.32 Å². The molecule has 6 heteroatoms. The van der Waals surface area contributed by atoms with Gasteiger partial charge in [-0.05, 0) is 37.3 Å². The molecule has 1 heterocycles. The Labute approximate surface area is 114 Å². The topological polar surface area (TPSA) is 71.3 Å². The Hall–Kier alpha value is -2.63. The van der Waals surface area contributed by atoms with Crippen LogP contribution in [0, 0.1) is 5.82 Å². The van der Waals surface area contributed by atoms with E-state index in [0.717, 1.165) is 12.1 Å². The fourth-order valence-electron chi connectivity index (χ4n) is 1.86. The van der Waals surface area contributed by atoms with E-state index in [9.17, 15) is 14.0 Å². The number of nitrogens with one attached hydrogen (secondary N) is 1. The molecule has 1 aromatic carbocycles. The quantitative estimate of drug-likeness (QED) is 0.901. The van der Waals surface area contributed by atoms with E-state index in [2.05, 4.69) is 5.32 Å². The van der Waals surface area contributed by atoms with Gasteiger partial charge in [-0.15, -0.1) is 0 Å². The van der Waals surface area contributed by atoms with Crippen LogP contribution in [0.3, 0.4) is 0 Å². The summed E-state index contributed by atoms with van der Waals surface area (Å²) in [5.74, 6) is -2.59. The van der Waals surface area contributed by atoms with Crippen LogP contribution in [0.4, 0.5) is 10.1 Å². The third-order valence-corrected chi connectivity index (χ3v) is 2.86. The predicted octanol–water partition coefficient (Wildman–Crippen LogP) is 2.60. The summed E-state index contributed by atoms with van der Waals surface area (Å²) in [4.78, 5) is 22.9. The molecule has 20 heavy (non-hydrogen) atoms. The Morgan fingerprint density at radius 2 is 2.10 bits per heavy atom. The van der Waals surface area contributed by atoms with Crippen LogP contribution in [0.15, 0.2) is 36.5 Å². The molecular weight excluding hydrogens is 263 g/mol. The predicted molar refractivity (Wildman–Crippen MR) is 71.4 cm³/mol. The van der Waals surface area contributed by atoms with Crippen molar-refractivity contribution in [1.29, 1.82) is 0 Å². The number of anilines is 1. The van der Waals surface area contributed by atoms with Crippen molar-refractivity contribution >= 4 is 17.6 Å². The van der Waals surface area contributed by atoms with Gasteiger partial charge in [0.05, 0.1) is 5.56 Å². The molecule has 0 saturated carbocycles. The molecule has 0 saturated heterocycles. The molecule has 0 atom stereocenters. The van der Waals surface area contributed by atoms with Crippen LogP contribution in [0.2, 0.25) is 0 Å². The first-order chi connectivity index (χ1) is 9.52. The number of aromatic nitrogens is 1. The lowest BCUT2D eigenvalue weighted by molar-refractivity contribution is 0.0691. The van der Waals surface area contributed by atoms with Gasteiger partial charge in [0.15, 0.2) is 0 Å². The number of hydrogen-bond donors (Lipinski definition) is 2. The standard InChI is InChI=1S/C14H13FN2O3/c1-2-17-7-3-4-12(17)13(18)16-9-5-6-11(15)10(8-9)14(19)20/h3-8H,2H2,1H3,(H,16,18)(H,19,20). The Kier molecular flexibility index (Phi) is 3.84. The van der Waals surface area contributed by atoms with Gasteiger partial charge in [0, 0.05) is 18.4 Å². The second kappa shape index (κ2) is 5.56. The van der Waals surface area contributed by atoms with Crippen molar-refractivity contribution in [3.63, 3.8) is 0 Å². The van der Waals surface area contributed by atoms with E-state index in [-0.39, 0.29) is 11.6 Å². The van der Waals surface area contributed by atoms with E-state index in [1.165, 1.54) is 6.07 Å². The summed E-state index contributed by atoms with van der Waals surface area (Å²) in [6.45, 7) is 2.54. The maximum absolute atomic E-state index is 13.3. The average Bonchev–Trinajstić information content (AvgIpc) is 2.89. The second-order valence-electron chi connectivity index (χ2n) is 4.13. The van der Waals surface area contributed by atoms with E-state index in [0.29, 0.717) is 12.2 Å². The van der Waals surface area contributed by atoms with Crippen LogP contribution in [-0.2, 0) is 6.54 Å². The van der Waals surface area contributed by atoms with Gasteiger partial charge in [-0.3, -0.25) is 4.79 Å². The number of amides is 1. The van der Waals surface area contributed by atoms with Gasteiger partial charge in [0.2, 0.25) is 0 Å². The number of carboxylic acid groups (broad SMARTS) is 1. The Morgan fingerprint density at radius 3 is 2.75 bits per heavy atom. The summed E-state index contributed by atoms with van der Waals surface area (Å²) in [7, 11) is 0. The van der Waals surface area contributed by atoms with Crippen LogP contribution >= 0.6 is 0 Å². The molecular formula is C14H13FN2O3. The van der Waals surface area contributed by atoms with Crippen molar-refractivity contribution in [3.8, 4) is 0 Å². The van der Waals surface area contributed by atoms with Gasteiger partial charge in [0.1, 0.15) is 11.5 Å². The van der Waals surface area contributed by atoms with Crippen molar-refractivity contribution in [2.24, 2.45) is 0 Å². The highest BCUT2D eigenvalue weighted by atomic mass is 19.1. The number of halogens is 1. The Balaban J connectivity index is 2.24. The van der Waals surface area contributed by atoms with Crippen molar-refractivity contribution in [3.05, 3.63) is 53.6 Å². The maximum atomic E-state index is 13.3. The number of hydrogen-bond acceptors (Lipinski definition) is 2. The van der Waals surface area contributed by atoms with Gasteiger partial charge >= 0.3 is 5.97 Å². The van der Waals surface area contributed by atoms with Gasteiger partial charge < -0.3 is 15.0 Å². The van der Waals surface area contributed by atoms with E-state index in [1.807, 2.05) is 6.92 Å². The summed E-state index contributed by atoms with van der Waals surface area (Å²) in [5.41, 5.74) is 0.208. The van der Waals surface area contributed by atoms with Crippen molar-refractivity contribution in [2.45, 2.75) is 13.5 Å². The lowest BCUT2D eigenvalue weighted by Crippen LogP contribution is -2.16. The monoisotopic (exact) mass is 276 g/mol. The summed E-state index contributed by atoms with van der Waals surface area (Å²) in [6, 6.07) is 6.82. The maximum Gasteiger partial charge on any atom is 0.338 e. The Bertz CT molecular complexity index is 664. The first-order valence-corrected chi connectivity index (χ1v) is 6.02. The second-order valence-corrected chi connectivity index (χ2v) is 4.13. The van der Waals surface area contributed by atoms with E-state index >= 15 is 0 Å². The van der Waals surface area contributed by atoms with Gasteiger partial charge in [-0.2, -0.15) is 0 Å². The largest absolute Gasteiger partial charge is 0.478 e. The molecule has 5 nitrogen and oxygen atoms in total. The zero-order valence-electron chi connectivity index (χ0n) is 10.8. The number of carboxylic acids is 1. The number of aryl methyl sites for hydroxylation is 1. The molecule has 0 radical (unpaired) electrons. The number of aromatic carboxylic acids is 1. The summed E-state index contributed by atoms with van der Waals surface area (Å²) in [5, 5.41) is 11.4. The molecule has 2 rings (SSSR count). The molecule has 0 spiro atoms. The number of carbonyl (C=O) groups excluding carboxylic acids is 1. The van der Waals surface area contributed by atoms with Crippen LogP contribution in [0.25, 0.3) is 0 Å². The van der Waals surface area contributed by atoms with Crippen molar-refractivity contribution in [1.82, 2.24) is 4.57 Å². The van der Waals surface area contributed by atoms with Gasteiger partial charge in [0.25, 0.3) is 5.91 Å². The lowest BCUT2D eigenvalue weighted by atomic mass is 10.2. The number of rotatable bonds is 4. The molecule has 0 aliphatic carbocycles. The highest BCUT2D eigenvalue weighted by molar-refractivity contribution is 6.03. The average molecular weight is 276 g/mol. The molecule has 0 unspecified atom stereocenters. The van der Waals surface area contributed by atoms with E-state index in [4.69, 9.17) is 5.11 Å². The molecule has 0 aliphatic heterocycles. The molecule has 0 fully saturated rings. The number of benzene rings is 1. The number of nitrogens with zero attached hydrogens (tertiary/aromatic N) is 1. The number of carbonyl (C=O) groups is 2. The lowest BCUT2D eigenvalue weighted by Gasteiger charge is -2.08. The fraction of sp³-hybridized carbons (Fsp3) is 0.143. The zero-order chi connectivity index (χ0) is 14.7. The third kappa shape index (κ3) is 2.69. The molecule has 104 valence electrons. The zero-order valence-corrected chi connectivity index (χ0v) is 10.8. The first-order valence-electron chi connectivity index (χ1n) is 6.02. The summed E-state index contributed by atoms with van der Waals surface area (Å²) in [6.07, 6.45) is 1.77. The highest BCUT2D eigenvalue weighted by Crippen LogP contribution is 2.16. The molecule has 1 amide bonds. The van der Waals surface area contributed by atoms with Crippen molar-refractivity contribution < 1.29 is 19.1 Å².